The van der Waals surface area contributed by atoms with Crippen molar-refractivity contribution in [1.82, 2.24) is 5.32 Å². The van der Waals surface area contributed by atoms with E-state index in [1.165, 1.54) is 6.07 Å². The summed E-state index contributed by atoms with van der Waals surface area (Å²) < 4.78 is 26.7. The minimum atomic E-state index is -0.448. The van der Waals surface area contributed by atoms with Gasteiger partial charge in [-0.3, -0.25) is 0 Å². The van der Waals surface area contributed by atoms with Crippen LogP contribution in [0, 0.1) is 11.6 Å². The molecule has 1 aromatic carbocycles. The Morgan fingerprint density at radius 3 is 2.56 bits per heavy atom. The average Bonchev–Trinajstić information content (AvgIpc) is 2.33. The number of thioether (sulfide) groups is 1. The first-order chi connectivity index (χ1) is 8.49. The third-order valence-electron chi connectivity index (χ3n) is 2.98. The molecule has 3 unspecified atom stereocenters. The molecule has 0 amide bonds. The van der Waals surface area contributed by atoms with Crippen LogP contribution in [0.3, 0.4) is 0 Å². The molecule has 0 saturated carbocycles. The highest BCUT2D eigenvalue weighted by atomic mass is 32.2. The molecule has 0 bridgehead atoms. The van der Waals surface area contributed by atoms with Crippen molar-refractivity contribution in [2.45, 2.75) is 31.2 Å². The predicted molar refractivity (Wildman–Crippen MR) is 71.8 cm³/mol. The van der Waals surface area contributed by atoms with E-state index in [0.717, 1.165) is 12.1 Å². The van der Waals surface area contributed by atoms with Gasteiger partial charge in [0, 0.05) is 22.9 Å². The molecule has 3 atom stereocenters. The third kappa shape index (κ3) is 3.93. The smallest absolute Gasteiger partial charge is 0.128 e. The first-order valence-corrected chi connectivity index (χ1v) is 7.13. The van der Waals surface area contributed by atoms with Crippen molar-refractivity contribution >= 4 is 11.8 Å². The Morgan fingerprint density at radius 2 is 2.00 bits per heavy atom. The normalized spacial score (nSPS) is 16.3. The highest BCUT2D eigenvalue weighted by Gasteiger charge is 2.19. The van der Waals surface area contributed by atoms with E-state index in [1.807, 2.05) is 13.2 Å². The number of benzene rings is 1. The van der Waals surface area contributed by atoms with E-state index in [0.29, 0.717) is 5.56 Å². The molecule has 0 saturated heterocycles. The second kappa shape index (κ2) is 7.07. The van der Waals surface area contributed by atoms with E-state index < -0.39 is 11.6 Å². The molecule has 1 aromatic rings. The minimum absolute atomic E-state index is 0.00247. The quantitative estimate of drug-likeness (QED) is 0.837. The predicted octanol–water partition coefficient (Wildman–Crippen LogP) is 2.73. The number of hydrogen-bond acceptors (Lipinski definition) is 3. The summed E-state index contributed by atoms with van der Waals surface area (Å²) in [5.74, 6) is -0.871. The van der Waals surface area contributed by atoms with Crippen LogP contribution >= 0.6 is 11.8 Å². The van der Waals surface area contributed by atoms with E-state index in [4.69, 9.17) is 0 Å². The molecule has 0 radical (unpaired) electrons. The van der Waals surface area contributed by atoms with E-state index in [-0.39, 0.29) is 23.9 Å². The summed E-state index contributed by atoms with van der Waals surface area (Å²) >= 11 is 1.54. The van der Waals surface area contributed by atoms with Crippen LogP contribution in [0.2, 0.25) is 0 Å². The van der Waals surface area contributed by atoms with Crippen LogP contribution in [0.25, 0.3) is 0 Å². The first-order valence-electron chi connectivity index (χ1n) is 5.84. The van der Waals surface area contributed by atoms with Crippen LogP contribution in [-0.4, -0.2) is 29.3 Å². The van der Waals surface area contributed by atoms with Crippen molar-refractivity contribution in [3.8, 4) is 0 Å². The van der Waals surface area contributed by atoms with Crippen molar-refractivity contribution in [1.29, 1.82) is 0 Å². The van der Waals surface area contributed by atoms with Crippen LogP contribution < -0.4 is 5.32 Å². The second-order valence-corrected chi connectivity index (χ2v) is 5.38. The number of nitrogens with one attached hydrogen (secondary N) is 1. The fourth-order valence-corrected chi connectivity index (χ4v) is 2.51. The Hall–Kier alpha value is -0.650. The lowest BCUT2D eigenvalue weighted by molar-refractivity contribution is 0.271. The van der Waals surface area contributed by atoms with Gasteiger partial charge in [-0.15, -0.1) is 0 Å². The molecule has 0 spiro atoms. The van der Waals surface area contributed by atoms with Crippen molar-refractivity contribution in [2.75, 3.05) is 12.9 Å². The van der Waals surface area contributed by atoms with Gasteiger partial charge in [-0.05, 0) is 38.3 Å². The van der Waals surface area contributed by atoms with Crippen molar-refractivity contribution in [3.05, 3.63) is 35.4 Å². The van der Waals surface area contributed by atoms with Crippen LogP contribution in [0.4, 0.5) is 8.78 Å². The summed E-state index contributed by atoms with van der Waals surface area (Å²) in [5, 5.41) is 12.4. The van der Waals surface area contributed by atoms with E-state index in [2.05, 4.69) is 5.32 Å². The van der Waals surface area contributed by atoms with Gasteiger partial charge in [-0.1, -0.05) is 0 Å². The molecule has 0 heterocycles. The highest BCUT2D eigenvalue weighted by Crippen LogP contribution is 2.20. The van der Waals surface area contributed by atoms with Gasteiger partial charge in [0.15, 0.2) is 0 Å². The van der Waals surface area contributed by atoms with E-state index >= 15 is 0 Å². The topological polar surface area (TPSA) is 32.3 Å². The third-order valence-corrected chi connectivity index (χ3v) is 4.14. The molecule has 0 aliphatic rings. The Morgan fingerprint density at radius 1 is 1.33 bits per heavy atom. The SMILES string of the molecule is CSC(CO)C(C)NC(C)c1cc(F)ccc1F. The van der Waals surface area contributed by atoms with E-state index in [1.54, 1.807) is 18.7 Å². The molecule has 0 aromatic heterocycles. The highest BCUT2D eigenvalue weighted by molar-refractivity contribution is 7.99. The molecule has 0 aliphatic heterocycles. The zero-order valence-corrected chi connectivity index (χ0v) is 11.6. The summed E-state index contributed by atoms with van der Waals surface area (Å²) in [4.78, 5) is 0. The zero-order valence-electron chi connectivity index (χ0n) is 10.8. The molecule has 0 fully saturated rings. The van der Waals surface area contributed by atoms with Crippen molar-refractivity contribution in [2.24, 2.45) is 0 Å². The average molecular weight is 275 g/mol. The standard InChI is InChI=1S/C13H19F2NOS/c1-8(16-9(2)13(7-17)18-3)11-6-10(14)4-5-12(11)15/h4-6,8-9,13,16-17H,7H2,1-3H3. The summed E-state index contributed by atoms with van der Waals surface area (Å²) in [5.41, 5.74) is 0.305. The van der Waals surface area contributed by atoms with Gasteiger partial charge in [0.25, 0.3) is 0 Å². The Balaban J connectivity index is 2.75. The Bertz CT molecular complexity index is 385. The van der Waals surface area contributed by atoms with Gasteiger partial charge >= 0.3 is 0 Å². The zero-order chi connectivity index (χ0) is 13.7. The molecule has 2 N–H and O–H groups in total. The number of aliphatic hydroxyl groups excluding tert-OH is 1. The lowest BCUT2D eigenvalue weighted by atomic mass is 10.1. The lowest BCUT2D eigenvalue weighted by Gasteiger charge is -2.25. The van der Waals surface area contributed by atoms with Crippen molar-refractivity contribution < 1.29 is 13.9 Å². The van der Waals surface area contributed by atoms with Gasteiger partial charge in [0.05, 0.1) is 6.61 Å². The van der Waals surface area contributed by atoms with Gasteiger partial charge in [-0.2, -0.15) is 11.8 Å². The Labute approximate surface area is 111 Å². The largest absolute Gasteiger partial charge is 0.395 e. The molecule has 18 heavy (non-hydrogen) atoms. The fourth-order valence-electron chi connectivity index (χ4n) is 1.87. The molecule has 1 rings (SSSR count). The van der Waals surface area contributed by atoms with Crippen LogP contribution in [0.1, 0.15) is 25.5 Å². The Kier molecular flexibility index (Phi) is 6.05. The van der Waals surface area contributed by atoms with Gasteiger partial charge in [-0.25, -0.2) is 8.78 Å². The molecule has 102 valence electrons. The van der Waals surface area contributed by atoms with Gasteiger partial charge in [0.1, 0.15) is 11.6 Å². The second-order valence-electron chi connectivity index (χ2n) is 4.30. The molecular formula is C13H19F2NOS. The molecule has 0 aliphatic carbocycles. The number of hydrogen-bond donors (Lipinski definition) is 2. The summed E-state index contributed by atoms with van der Waals surface area (Å²) in [6.07, 6.45) is 1.91. The fraction of sp³-hybridized carbons (Fsp3) is 0.538. The first kappa shape index (κ1) is 15.4. The lowest BCUT2D eigenvalue weighted by Crippen LogP contribution is -2.39. The summed E-state index contributed by atoms with van der Waals surface area (Å²) in [6, 6.07) is 3.13. The molecule has 2 nitrogen and oxygen atoms in total. The maximum Gasteiger partial charge on any atom is 0.128 e. The van der Waals surface area contributed by atoms with E-state index in [9.17, 15) is 13.9 Å². The van der Waals surface area contributed by atoms with Crippen LogP contribution in [0.5, 0.6) is 0 Å². The number of halogens is 2. The summed E-state index contributed by atoms with van der Waals surface area (Å²) in [7, 11) is 0. The molecule has 5 heteroatoms. The van der Waals surface area contributed by atoms with Crippen LogP contribution in [-0.2, 0) is 0 Å². The van der Waals surface area contributed by atoms with Gasteiger partial charge in [0.2, 0.25) is 0 Å². The van der Waals surface area contributed by atoms with Gasteiger partial charge < -0.3 is 10.4 Å². The summed E-state index contributed by atoms with van der Waals surface area (Å²) in [6.45, 7) is 3.75. The van der Waals surface area contributed by atoms with Crippen LogP contribution in [0.15, 0.2) is 18.2 Å². The number of rotatable bonds is 6. The molecular weight excluding hydrogens is 256 g/mol. The van der Waals surface area contributed by atoms with Crippen molar-refractivity contribution in [3.63, 3.8) is 0 Å². The number of aliphatic hydroxyl groups is 1. The maximum absolute atomic E-state index is 13.6. The maximum atomic E-state index is 13.6. The monoisotopic (exact) mass is 275 g/mol. The minimum Gasteiger partial charge on any atom is -0.395 e.